The van der Waals surface area contributed by atoms with Gasteiger partial charge in [0.1, 0.15) is 5.56 Å². The number of nitrogens with zero attached hydrogens (tertiary/aromatic N) is 5. The molecule has 0 bridgehead atoms. The number of anilines is 1. The highest BCUT2D eigenvalue weighted by molar-refractivity contribution is 5.93. The molecule has 9 nitrogen and oxygen atoms in total. The van der Waals surface area contributed by atoms with E-state index in [0.717, 1.165) is 57.5 Å². The number of hydrogen-bond acceptors (Lipinski definition) is 8. The van der Waals surface area contributed by atoms with Crippen LogP contribution in [0.15, 0.2) is 35.4 Å². The van der Waals surface area contributed by atoms with E-state index in [-0.39, 0.29) is 18.3 Å². The second kappa shape index (κ2) is 10.4. The van der Waals surface area contributed by atoms with Gasteiger partial charge in [-0.15, -0.1) is 0 Å². The lowest BCUT2D eigenvalue weighted by Gasteiger charge is -2.37. The Hall–Kier alpha value is -3.30. The van der Waals surface area contributed by atoms with Gasteiger partial charge < -0.3 is 19.5 Å². The lowest BCUT2D eigenvalue weighted by molar-refractivity contribution is 0.0524. The van der Waals surface area contributed by atoms with Gasteiger partial charge in [0.05, 0.1) is 18.2 Å². The van der Waals surface area contributed by atoms with Crippen LogP contribution in [0.2, 0.25) is 0 Å². The molecular weight excluding hydrogens is 456 g/mol. The van der Waals surface area contributed by atoms with Crippen LogP contribution in [0.3, 0.4) is 0 Å². The Labute approximate surface area is 211 Å². The van der Waals surface area contributed by atoms with Crippen LogP contribution in [-0.4, -0.2) is 76.3 Å². The first-order valence-corrected chi connectivity index (χ1v) is 12.9. The SMILES string of the molecule is CCOC(=O)c1cn(-c2ccc3c(c2)CCC3)c2nc(NC(CC)N3CCN(C)CC3)ncc2c1=O. The average Bonchev–Trinajstić information content (AvgIpc) is 3.36. The maximum atomic E-state index is 13.3. The minimum absolute atomic E-state index is 0.0157. The Balaban J connectivity index is 1.58. The first-order valence-electron chi connectivity index (χ1n) is 12.9. The summed E-state index contributed by atoms with van der Waals surface area (Å²) in [6.07, 6.45) is 7.31. The Morgan fingerprint density at radius 2 is 1.92 bits per heavy atom. The summed E-state index contributed by atoms with van der Waals surface area (Å²) in [4.78, 5) is 39.9. The second-order valence-electron chi connectivity index (χ2n) is 9.61. The zero-order chi connectivity index (χ0) is 25.2. The lowest BCUT2D eigenvalue weighted by Crippen LogP contribution is -2.51. The molecule has 0 spiro atoms. The third kappa shape index (κ3) is 4.73. The predicted octanol–water partition coefficient (Wildman–Crippen LogP) is 2.84. The van der Waals surface area contributed by atoms with Gasteiger partial charge in [0, 0.05) is 44.3 Å². The van der Waals surface area contributed by atoms with Gasteiger partial charge in [-0.1, -0.05) is 13.0 Å². The van der Waals surface area contributed by atoms with Crippen molar-refractivity contribution in [3.05, 3.63) is 57.5 Å². The van der Waals surface area contributed by atoms with E-state index >= 15 is 0 Å². The molecule has 190 valence electrons. The van der Waals surface area contributed by atoms with E-state index in [4.69, 9.17) is 9.72 Å². The summed E-state index contributed by atoms with van der Waals surface area (Å²) >= 11 is 0. The molecule has 1 aromatic carbocycles. The van der Waals surface area contributed by atoms with Crippen molar-refractivity contribution in [1.82, 2.24) is 24.3 Å². The monoisotopic (exact) mass is 490 g/mol. The molecule has 1 N–H and O–H groups in total. The van der Waals surface area contributed by atoms with Gasteiger partial charge in [-0.05, 0) is 62.9 Å². The van der Waals surface area contributed by atoms with Gasteiger partial charge in [0.25, 0.3) is 0 Å². The number of benzene rings is 1. The second-order valence-corrected chi connectivity index (χ2v) is 9.61. The fourth-order valence-electron chi connectivity index (χ4n) is 5.17. The molecule has 1 saturated heterocycles. The molecule has 3 heterocycles. The molecule has 1 aliphatic carbocycles. The summed E-state index contributed by atoms with van der Waals surface area (Å²) in [6, 6.07) is 6.29. The highest BCUT2D eigenvalue weighted by Gasteiger charge is 2.23. The zero-order valence-corrected chi connectivity index (χ0v) is 21.3. The molecule has 0 radical (unpaired) electrons. The average molecular weight is 491 g/mol. The van der Waals surface area contributed by atoms with E-state index in [1.54, 1.807) is 13.1 Å². The molecule has 0 saturated carbocycles. The van der Waals surface area contributed by atoms with E-state index in [2.05, 4.69) is 46.2 Å². The molecule has 5 rings (SSSR count). The Morgan fingerprint density at radius 3 is 2.67 bits per heavy atom. The molecular formula is C27H34N6O3. The van der Waals surface area contributed by atoms with Crippen LogP contribution in [-0.2, 0) is 17.6 Å². The molecule has 0 amide bonds. The summed E-state index contributed by atoms with van der Waals surface area (Å²) in [5, 5.41) is 3.77. The number of esters is 1. The maximum absolute atomic E-state index is 13.3. The number of rotatable bonds is 7. The smallest absolute Gasteiger partial charge is 0.343 e. The summed E-state index contributed by atoms with van der Waals surface area (Å²) in [5.41, 5.74) is 3.55. The van der Waals surface area contributed by atoms with E-state index in [9.17, 15) is 9.59 Å². The number of aromatic nitrogens is 3. The number of fused-ring (bicyclic) bond motifs is 2. The molecule has 1 aliphatic heterocycles. The number of aryl methyl sites for hydroxylation is 2. The lowest BCUT2D eigenvalue weighted by atomic mass is 10.1. The fourth-order valence-corrected chi connectivity index (χ4v) is 5.17. The number of nitrogens with one attached hydrogen (secondary N) is 1. The van der Waals surface area contributed by atoms with Crippen molar-refractivity contribution in [2.75, 3.05) is 45.2 Å². The number of hydrogen-bond donors (Lipinski definition) is 1. The van der Waals surface area contributed by atoms with Crippen molar-refractivity contribution in [3.8, 4) is 5.69 Å². The van der Waals surface area contributed by atoms with E-state index in [1.807, 2.05) is 10.6 Å². The van der Waals surface area contributed by atoms with Crippen molar-refractivity contribution in [2.24, 2.45) is 0 Å². The number of carbonyl (C=O) groups is 1. The van der Waals surface area contributed by atoms with Gasteiger partial charge in [0.15, 0.2) is 5.65 Å². The third-order valence-corrected chi connectivity index (χ3v) is 7.26. The Morgan fingerprint density at radius 1 is 1.14 bits per heavy atom. The summed E-state index contributed by atoms with van der Waals surface area (Å²) in [6.45, 7) is 8.04. The Kier molecular flexibility index (Phi) is 7.02. The van der Waals surface area contributed by atoms with E-state index in [0.29, 0.717) is 17.0 Å². The normalized spacial score (nSPS) is 17.2. The first kappa shape index (κ1) is 24.4. The quantitative estimate of drug-likeness (QED) is 0.506. The van der Waals surface area contributed by atoms with Crippen LogP contribution >= 0.6 is 0 Å². The molecule has 1 atom stereocenters. The largest absolute Gasteiger partial charge is 0.462 e. The highest BCUT2D eigenvalue weighted by Crippen LogP contribution is 2.26. The summed E-state index contributed by atoms with van der Waals surface area (Å²) in [5.74, 6) is -0.172. The highest BCUT2D eigenvalue weighted by atomic mass is 16.5. The molecule has 1 fully saturated rings. The molecule has 9 heteroatoms. The van der Waals surface area contributed by atoms with Gasteiger partial charge >= 0.3 is 5.97 Å². The molecule has 2 aliphatic rings. The van der Waals surface area contributed by atoms with Crippen molar-refractivity contribution >= 4 is 23.0 Å². The van der Waals surface area contributed by atoms with Gasteiger partial charge in [-0.25, -0.2) is 9.78 Å². The zero-order valence-electron chi connectivity index (χ0n) is 21.3. The van der Waals surface area contributed by atoms with Gasteiger partial charge in [0.2, 0.25) is 11.4 Å². The number of carbonyl (C=O) groups excluding carboxylic acids is 1. The van der Waals surface area contributed by atoms with Crippen LogP contribution in [0.5, 0.6) is 0 Å². The minimum atomic E-state index is -0.636. The summed E-state index contributed by atoms with van der Waals surface area (Å²) in [7, 11) is 2.14. The number of pyridine rings is 1. The molecule has 3 aromatic rings. The van der Waals surface area contributed by atoms with Crippen molar-refractivity contribution in [3.63, 3.8) is 0 Å². The maximum Gasteiger partial charge on any atom is 0.343 e. The predicted molar refractivity (Wildman–Crippen MR) is 140 cm³/mol. The molecule has 1 unspecified atom stereocenters. The van der Waals surface area contributed by atoms with Crippen LogP contribution in [0.1, 0.15) is 48.2 Å². The minimum Gasteiger partial charge on any atom is -0.462 e. The summed E-state index contributed by atoms with van der Waals surface area (Å²) < 4.78 is 7.00. The van der Waals surface area contributed by atoms with E-state index < -0.39 is 11.4 Å². The Bertz CT molecular complexity index is 1330. The van der Waals surface area contributed by atoms with Crippen LogP contribution in [0, 0.1) is 0 Å². The fraction of sp³-hybridized carbons (Fsp3) is 0.481. The van der Waals surface area contributed by atoms with Gasteiger partial charge in [-0.2, -0.15) is 4.98 Å². The standard InChI is InChI=1S/C27H34N6O3/c1-4-23(32-13-11-31(3)12-14-32)29-27-28-16-21-24(34)22(26(35)36-5-2)17-33(25(21)30-27)20-10-9-18-7-6-8-19(18)15-20/h9-10,15-17,23H,4-8,11-14H2,1-3H3,(H,28,29,30). The van der Waals surface area contributed by atoms with Crippen LogP contribution < -0.4 is 10.7 Å². The third-order valence-electron chi connectivity index (χ3n) is 7.26. The van der Waals surface area contributed by atoms with Gasteiger partial charge in [-0.3, -0.25) is 9.69 Å². The van der Waals surface area contributed by atoms with Crippen molar-refractivity contribution in [2.45, 2.75) is 45.7 Å². The number of piperazine rings is 1. The first-order chi connectivity index (χ1) is 17.5. The van der Waals surface area contributed by atoms with Crippen LogP contribution in [0.4, 0.5) is 5.95 Å². The van der Waals surface area contributed by atoms with Crippen molar-refractivity contribution < 1.29 is 9.53 Å². The number of ether oxygens (including phenoxy) is 1. The van der Waals surface area contributed by atoms with Crippen molar-refractivity contribution in [1.29, 1.82) is 0 Å². The topological polar surface area (TPSA) is 92.6 Å². The number of likely N-dealkylation sites (N-methyl/N-ethyl adjacent to an activating group) is 1. The van der Waals surface area contributed by atoms with E-state index in [1.165, 1.54) is 17.3 Å². The van der Waals surface area contributed by atoms with Crippen LogP contribution in [0.25, 0.3) is 16.7 Å². The molecule has 36 heavy (non-hydrogen) atoms. The molecule has 2 aromatic heterocycles.